The van der Waals surface area contributed by atoms with Crippen LogP contribution in [0.2, 0.25) is 5.02 Å². The van der Waals surface area contributed by atoms with E-state index >= 15 is 0 Å². The molecule has 0 heterocycles. The van der Waals surface area contributed by atoms with Gasteiger partial charge in [0.05, 0.1) is 25.3 Å². The molecule has 2 aromatic rings. The van der Waals surface area contributed by atoms with Gasteiger partial charge >= 0.3 is 0 Å². The lowest BCUT2D eigenvalue weighted by Crippen LogP contribution is -2.17. The molecule has 3 nitrogen and oxygen atoms in total. The molecule has 2 rings (SSSR count). The fourth-order valence-electron chi connectivity index (χ4n) is 2.25. The standard InChI is InChI=1S/C16H17BrClNO2/c1-19-16(10-4-6-12(17)13(18)8-10)11-5-7-14(20-2)15(9-11)21-3/h4-9,16,19H,1-3H3. The van der Waals surface area contributed by atoms with Crippen molar-refractivity contribution in [2.45, 2.75) is 6.04 Å². The third kappa shape index (κ3) is 3.51. The van der Waals surface area contributed by atoms with Gasteiger partial charge in [-0.3, -0.25) is 0 Å². The Morgan fingerprint density at radius 3 is 2.19 bits per heavy atom. The number of halogens is 2. The SMILES string of the molecule is CNC(c1ccc(Br)c(Cl)c1)c1ccc(OC)c(OC)c1. The van der Waals surface area contributed by atoms with Crippen LogP contribution in [0.5, 0.6) is 11.5 Å². The maximum absolute atomic E-state index is 6.19. The molecule has 0 aliphatic heterocycles. The molecule has 1 unspecified atom stereocenters. The molecule has 21 heavy (non-hydrogen) atoms. The second kappa shape index (κ2) is 7.16. The first kappa shape index (κ1) is 16.1. The first-order valence-electron chi connectivity index (χ1n) is 6.44. The Morgan fingerprint density at radius 1 is 1.00 bits per heavy atom. The van der Waals surface area contributed by atoms with Gasteiger partial charge in [0.25, 0.3) is 0 Å². The summed E-state index contributed by atoms with van der Waals surface area (Å²) in [6.45, 7) is 0. The van der Waals surface area contributed by atoms with Gasteiger partial charge in [-0.25, -0.2) is 0 Å². The lowest BCUT2D eigenvalue weighted by molar-refractivity contribution is 0.354. The van der Waals surface area contributed by atoms with Crippen LogP contribution in [-0.4, -0.2) is 21.3 Å². The van der Waals surface area contributed by atoms with E-state index in [9.17, 15) is 0 Å². The van der Waals surface area contributed by atoms with Crippen molar-refractivity contribution in [3.63, 3.8) is 0 Å². The topological polar surface area (TPSA) is 30.5 Å². The molecule has 1 atom stereocenters. The van der Waals surface area contributed by atoms with E-state index in [1.807, 2.05) is 43.4 Å². The molecular weight excluding hydrogens is 354 g/mol. The summed E-state index contributed by atoms with van der Waals surface area (Å²) in [5.41, 5.74) is 2.16. The monoisotopic (exact) mass is 369 g/mol. The van der Waals surface area contributed by atoms with E-state index in [1.54, 1.807) is 14.2 Å². The summed E-state index contributed by atoms with van der Waals surface area (Å²) in [4.78, 5) is 0. The molecular formula is C16H17BrClNO2. The van der Waals surface area contributed by atoms with Crippen LogP contribution in [0.4, 0.5) is 0 Å². The molecule has 0 bridgehead atoms. The molecule has 0 aromatic heterocycles. The average Bonchev–Trinajstić information content (AvgIpc) is 2.51. The second-order valence-corrected chi connectivity index (χ2v) is 5.77. The zero-order chi connectivity index (χ0) is 15.4. The highest BCUT2D eigenvalue weighted by atomic mass is 79.9. The summed E-state index contributed by atoms with van der Waals surface area (Å²) < 4.78 is 11.5. The third-order valence-corrected chi connectivity index (χ3v) is 4.54. The van der Waals surface area contributed by atoms with Crippen molar-refractivity contribution in [1.29, 1.82) is 0 Å². The fraction of sp³-hybridized carbons (Fsp3) is 0.250. The van der Waals surface area contributed by atoms with Crippen LogP contribution < -0.4 is 14.8 Å². The number of methoxy groups -OCH3 is 2. The maximum Gasteiger partial charge on any atom is 0.161 e. The molecule has 0 spiro atoms. The fourth-order valence-corrected chi connectivity index (χ4v) is 2.69. The highest BCUT2D eigenvalue weighted by Crippen LogP contribution is 2.33. The van der Waals surface area contributed by atoms with Gasteiger partial charge in [-0.05, 0) is 58.4 Å². The number of hydrogen-bond donors (Lipinski definition) is 1. The van der Waals surface area contributed by atoms with Gasteiger partial charge in [-0.2, -0.15) is 0 Å². The molecule has 0 aliphatic rings. The molecule has 0 saturated carbocycles. The first-order valence-corrected chi connectivity index (χ1v) is 7.62. The van der Waals surface area contributed by atoms with Gasteiger partial charge in [0.1, 0.15) is 0 Å². The lowest BCUT2D eigenvalue weighted by atomic mass is 9.98. The highest BCUT2D eigenvalue weighted by Gasteiger charge is 2.15. The Bertz CT molecular complexity index is 634. The molecule has 0 saturated heterocycles. The smallest absolute Gasteiger partial charge is 0.161 e. The molecule has 112 valence electrons. The van der Waals surface area contributed by atoms with E-state index in [0.29, 0.717) is 16.5 Å². The highest BCUT2D eigenvalue weighted by molar-refractivity contribution is 9.10. The van der Waals surface area contributed by atoms with E-state index in [1.165, 1.54) is 0 Å². The van der Waals surface area contributed by atoms with Crippen molar-refractivity contribution in [3.05, 3.63) is 57.0 Å². The lowest BCUT2D eigenvalue weighted by Gasteiger charge is -2.19. The predicted molar refractivity (Wildman–Crippen MR) is 89.6 cm³/mol. The van der Waals surface area contributed by atoms with Crippen molar-refractivity contribution in [2.75, 3.05) is 21.3 Å². The van der Waals surface area contributed by atoms with Crippen LogP contribution in [0.1, 0.15) is 17.2 Å². The zero-order valence-electron chi connectivity index (χ0n) is 12.1. The zero-order valence-corrected chi connectivity index (χ0v) is 14.5. The normalized spacial score (nSPS) is 12.0. The maximum atomic E-state index is 6.19. The third-order valence-electron chi connectivity index (χ3n) is 3.31. The van der Waals surface area contributed by atoms with Crippen LogP contribution in [0.25, 0.3) is 0 Å². The molecule has 2 aromatic carbocycles. The number of nitrogens with one attached hydrogen (secondary N) is 1. The number of rotatable bonds is 5. The van der Waals surface area contributed by atoms with E-state index in [2.05, 4.69) is 21.2 Å². The minimum atomic E-state index is 0.0235. The van der Waals surface area contributed by atoms with E-state index < -0.39 is 0 Å². The summed E-state index contributed by atoms with van der Waals surface area (Å²) in [5, 5.41) is 3.99. The molecule has 0 radical (unpaired) electrons. The summed E-state index contributed by atoms with van der Waals surface area (Å²) in [6.07, 6.45) is 0. The molecule has 0 aliphatic carbocycles. The van der Waals surface area contributed by atoms with Gasteiger partial charge < -0.3 is 14.8 Å². The van der Waals surface area contributed by atoms with Crippen LogP contribution in [0.3, 0.4) is 0 Å². The summed E-state index contributed by atoms with van der Waals surface area (Å²) >= 11 is 9.60. The predicted octanol–water partition coefficient (Wildman–Crippen LogP) is 4.43. The Morgan fingerprint density at radius 2 is 1.62 bits per heavy atom. The van der Waals surface area contributed by atoms with E-state index in [0.717, 1.165) is 15.6 Å². The minimum absolute atomic E-state index is 0.0235. The van der Waals surface area contributed by atoms with Gasteiger partial charge in [-0.15, -0.1) is 0 Å². The van der Waals surface area contributed by atoms with Gasteiger partial charge in [-0.1, -0.05) is 23.7 Å². The van der Waals surface area contributed by atoms with Crippen LogP contribution in [-0.2, 0) is 0 Å². The van der Waals surface area contributed by atoms with Crippen LogP contribution >= 0.6 is 27.5 Å². The summed E-state index contributed by atoms with van der Waals surface area (Å²) in [6, 6.07) is 11.8. The quantitative estimate of drug-likeness (QED) is 0.844. The van der Waals surface area contributed by atoms with Gasteiger partial charge in [0, 0.05) is 4.47 Å². The number of ether oxygens (including phenoxy) is 2. The Kier molecular flexibility index (Phi) is 5.51. The van der Waals surface area contributed by atoms with E-state index in [-0.39, 0.29) is 6.04 Å². The van der Waals surface area contributed by atoms with Crippen LogP contribution in [0, 0.1) is 0 Å². The Balaban J connectivity index is 2.43. The average molecular weight is 371 g/mol. The van der Waals surface area contributed by atoms with Gasteiger partial charge in [0.15, 0.2) is 11.5 Å². The Labute approximate surface area is 138 Å². The first-order chi connectivity index (χ1) is 10.1. The molecule has 1 N–H and O–H groups in total. The Hall–Kier alpha value is -1.23. The van der Waals surface area contributed by atoms with E-state index in [4.69, 9.17) is 21.1 Å². The molecule has 0 amide bonds. The molecule has 5 heteroatoms. The number of benzene rings is 2. The number of hydrogen-bond acceptors (Lipinski definition) is 3. The van der Waals surface area contributed by atoms with Crippen molar-refractivity contribution >= 4 is 27.5 Å². The van der Waals surface area contributed by atoms with Gasteiger partial charge in [0.2, 0.25) is 0 Å². The summed E-state index contributed by atoms with van der Waals surface area (Å²) in [5.74, 6) is 1.42. The van der Waals surface area contributed by atoms with Crippen molar-refractivity contribution < 1.29 is 9.47 Å². The minimum Gasteiger partial charge on any atom is -0.493 e. The van der Waals surface area contributed by atoms with Crippen LogP contribution in [0.15, 0.2) is 40.9 Å². The summed E-state index contributed by atoms with van der Waals surface area (Å²) in [7, 11) is 5.17. The largest absolute Gasteiger partial charge is 0.493 e. The van der Waals surface area contributed by atoms with Crippen molar-refractivity contribution in [1.82, 2.24) is 5.32 Å². The van der Waals surface area contributed by atoms with Crippen molar-refractivity contribution in [2.24, 2.45) is 0 Å². The molecule has 0 fully saturated rings. The van der Waals surface area contributed by atoms with Crippen molar-refractivity contribution in [3.8, 4) is 11.5 Å². The second-order valence-electron chi connectivity index (χ2n) is 4.51.